The Balaban J connectivity index is 1.34. The third-order valence-corrected chi connectivity index (χ3v) is 9.40. The fraction of sp³-hybridized carbons (Fsp3) is 0.385. The number of aromatic nitrogens is 1. The van der Waals surface area contributed by atoms with E-state index >= 15 is 0 Å². The third kappa shape index (κ3) is 5.35. The minimum atomic E-state index is -3.47. The quantitative estimate of drug-likeness (QED) is 0.331. The fourth-order valence-corrected chi connectivity index (χ4v) is 6.89. The molecule has 1 aromatic heterocycles. The molecule has 0 fully saturated rings. The van der Waals surface area contributed by atoms with Crippen LogP contribution in [0, 0.1) is 5.92 Å². The van der Waals surface area contributed by atoms with E-state index in [1.165, 1.54) is 38.8 Å². The lowest BCUT2D eigenvalue weighted by atomic mass is 10.0. The lowest BCUT2D eigenvalue weighted by molar-refractivity contribution is 0.158. The molecule has 0 saturated carbocycles. The van der Waals surface area contributed by atoms with E-state index in [4.69, 9.17) is 15.3 Å². The standard InChI is InChI=1S/C26H33N5O6S/c1-3-37-29-23-7-4-19-16-21(5-6-22(19)23)36-15-10-18(2)9-12-30-13-14-31(20-8-11-28-24(27)17-20)38(30,25(32)33)26(34)35/h5-6,8,11,13-14,16-18H,3-4,7,9-10,12,15H2,1-2H3,(H2,27,28)(H,32,33)(H,34,35)/b29-23+/t18-/m0/s1. The Bertz CT molecular complexity index is 1240. The molecule has 38 heavy (non-hydrogen) atoms. The van der Waals surface area contributed by atoms with Gasteiger partial charge in [-0.2, -0.15) is 0 Å². The third-order valence-electron chi connectivity index (χ3n) is 6.54. The number of hydrogen-bond donors (Lipinski definition) is 3. The van der Waals surface area contributed by atoms with Gasteiger partial charge in [0.25, 0.3) is 0 Å². The van der Waals surface area contributed by atoms with Gasteiger partial charge in [-0.15, -0.1) is 0 Å². The molecule has 0 spiro atoms. The first-order valence-corrected chi connectivity index (χ1v) is 14.0. The monoisotopic (exact) mass is 543 g/mol. The molecule has 0 amide bonds. The molecule has 1 aliphatic carbocycles. The smallest absolute Gasteiger partial charge is 0.393 e. The number of pyridine rings is 1. The van der Waals surface area contributed by atoms with Crippen molar-refractivity contribution in [3.05, 3.63) is 60.1 Å². The number of benzene rings is 1. The van der Waals surface area contributed by atoms with Crippen LogP contribution in [0.5, 0.6) is 5.75 Å². The molecule has 1 aromatic carbocycles. The van der Waals surface area contributed by atoms with Crippen LogP contribution in [0.1, 0.15) is 44.2 Å². The van der Waals surface area contributed by atoms with Crippen molar-refractivity contribution in [2.45, 2.75) is 39.5 Å². The molecule has 4 rings (SSSR count). The van der Waals surface area contributed by atoms with Crippen LogP contribution in [-0.4, -0.2) is 55.6 Å². The minimum absolute atomic E-state index is 0.174. The van der Waals surface area contributed by atoms with Gasteiger partial charge in [-0.05, 0) is 68.4 Å². The highest BCUT2D eigenvalue weighted by Crippen LogP contribution is 2.61. The molecule has 2 aromatic rings. The number of nitrogen functional groups attached to an aromatic ring is 1. The molecule has 0 bridgehead atoms. The zero-order chi connectivity index (χ0) is 27.3. The summed E-state index contributed by atoms with van der Waals surface area (Å²) in [6, 6.07) is 9.00. The molecule has 0 saturated heterocycles. The van der Waals surface area contributed by atoms with E-state index in [2.05, 4.69) is 10.1 Å². The number of rotatable bonds is 10. The van der Waals surface area contributed by atoms with Gasteiger partial charge in [0.1, 0.15) is 28.6 Å². The van der Waals surface area contributed by atoms with Crippen molar-refractivity contribution < 1.29 is 29.4 Å². The summed E-state index contributed by atoms with van der Waals surface area (Å²) in [6.45, 7) is 5.25. The SMILES string of the molecule is CCO/N=C1\CCc2cc(OCC[C@@H](C)CCN3C=CN(c4ccnc(N)c4)S3(C(=O)O)C(=O)O)ccc21. The number of aryl methyl sites for hydroxylation is 1. The molecule has 0 unspecified atom stereocenters. The van der Waals surface area contributed by atoms with Gasteiger partial charge in [-0.25, -0.2) is 14.6 Å². The fourth-order valence-electron chi connectivity index (χ4n) is 4.53. The van der Waals surface area contributed by atoms with Crippen molar-refractivity contribution in [2.75, 3.05) is 29.8 Å². The van der Waals surface area contributed by atoms with Crippen LogP contribution < -0.4 is 14.8 Å². The maximum Gasteiger partial charge on any atom is 0.393 e. The molecule has 0 radical (unpaired) electrons. The first-order chi connectivity index (χ1) is 18.3. The van der Waals surface area contributed by atoms with Crippen molar-refractivity contribution >= 4 is 38.2 Å². The zero-order valence-corrected chi connectivity index (χ0v) is 22.3. The van der Waals surface area contributed by atoms with Crippen molar-refractivity contribution in [2.24, 2.45) is 11.1 Å². The molecule has 12 heteroatoms. The summed E-state index contributed by atoms with van der Waals surface area (Å²) in [6.07, 6.45) is 7.52. The van der Waals surface area contributed by atoms with Crippen LogP contribution in [0.2, 0.25) is 0 Å². The van der Waals surface area contributed by atoms with E-state index in [1.54, 1.807) is 6.07 Å². The molecule has 4 N–H and O–H groups in total. The predicted octanol–water partition coefficient (Wildman–Crippen LogP) is 5.43. The Morgan fingerprint density at radius 3 is 2.66 bits per heavy atom. The number of nitrogens with two attached hydrogens (primary N) is 1. The maximum absolute atomic E-state index is 12.4. The summed E-state index contributed by atoms with van der Waals surface area (Å²) in [7, 11) is -3.47. The first kappa shape index (κ1) is 27.1. The summed E-state index contributed by atoms with van der Waals surface area (Å²) in [5.74, 6) is 1.14. The van der Waals surface area contributed by atoms with Crippen molar-refractivity contribution in [1.29, 1.82) is 0 Å². The average Bonchev–Trinajstić information content (AvgIpc) is 3.48. The van der Waals surface area contributed by atoms with Gasteiger partial charge in [0.05, 0.1) is 18.0 Å². The second-order valence-electron chi connectivity index (χ2n) is 9.09. The zero-order valence-electron chi connectivity index (χ0n) is 21.4. The topological polar surface area (TPSA) is 151 Å². The number of carbonyl (C=O) groups is 2. The molecule has 1 aliphatic heterocycles. The predicted molar refractivity (Wildman–Crippen MR) is 147 cm³/mol. The number of carboxylic acid groups (broad SMARTS) is 2. The highest BCUT2D eigenvalue weighted by atomic mass is 32.3. The van der Waals surface area contributed by atoms with Crippen molar-refractivity contribution in [3.8, 4) is 5.75 Å². The van der Waals surface area contributed by atoms with Gasteiger partial charge in [-0.3, -0.25) is 4.31 Å². The number of nitrogens with zero attached hydrogens (tertiary/aromatic N) is 4. The highest BCUT2D eigenvalue weighted by molar-refractivity contribution is 8.54. The highest BCUT2D eigenvalue weighted by Gasteiger charge is 2.53. The number of ether oxygens (including phenoxy) is 1. The van der Waals surface area contributed by atoms with Gasteiger partial charge in [0.2, 0.25) is 0 Å². The maximum atomic E-state index is 12.4. The van der Waals surface area contributed by atoms with E-state index in [1.807, 2.05) is 32.0 Å². The van der Waals surface area contributed by atoms with Crippen LogP contribution in [-0.2, 0) is 11.3 Å². The lowest BCUT2D eigenvalue weighted by Crippen LogP contribution is -2.40. The van der Waals surface area contributed by atoms with Gasteiger partial charge in [0, 0.05) is 36.8 Å². The number of anilines is 2. The summed E-state index contributed by atoms with van der Waals surface area (Å²) < 4.78 is 8.69. The Morgan fingerprint density at radius 1 is 1.16 bits per heavy atom. The summed E-state index contributed by atoms with van der Waals surface area (Å²) in [5, 5.41) is 21.6. The molecular weight excluding hydrogens is 510 g/mol. The Kier molecular flexibility index (Phi) is 8.30. The Morgan fingerprint density at radius 2 is 1.95 bits per heavy atom. The van der Waals surface area contributed by atoms with E-state index in [0.717, 1.165) is 36.3 Å². The number of fused-ring (bicyclic) bond motifs is 1. The lowest BCUT2D eigenvalue weighted by Gasteiger charge is -2.42. The van der Waals surface area contributed by atoms with E-state index in [9.17, 15) is 19.8 Å². The van der Waals surface area contributed by atoms with Gasteiger partial charge < -0.3 is 29.8 Å². The van der Waals surface area contributed by atoms with Crippen LogP contribution >= 0.6 is 10.4 Å². The Labute approximate surface area is 223 Å². The summed E-state index contributed by atoms with van der Waals surface area (Å²) in [5.41, 5.74) is 9.38. The second-order valence-corrected chi connectivity index (χ2v) is 11.7. The Hall–Kier alpha value is -3.93. The summed E-state index contributed by atoms with van der Waals surface area (Å²) in [4.78, 5) is 34.0. The van der Waals surface area contributed by atoms with Crippen molar-refractivity contribution in [1.82, 2.24) is 9.29 Å². The van der Waals surface area contributed by atoms with Crippen LogP contribution in [0.15, 0.2) is 54.1 Å². The molecule has 2 heterocycles. The molecule has 204 valence electrons. The number of oxime groups is 1. The van der Waals surface area contributed by atoms with E-state index < -0.39 is 21.0 Å². The van der Waals surface area contributed by atoms with Gasteiger partial charge >= 0.3 is 10.6 Å². The molecule has 1 atom stereocenters. The van der Waals surface area contributed by atoms with Crippen molar-refractivity contribution in [3.63, 3.8) is 0 Å². The first-order valence-electron chi connectivity index (χ1n) is 12.5. The molecule has 2 aliphatic rings. The largest absolute Gasteiger partial charge is 0.494 e. The average molecular weight is 544 g/mol. The van der Waals surface area contributed by atoms with Gasteiger partial charge in [-0.1, -0.05) is 12.1 Å². The van der Waals surface area contributed by atoms with E-state index in [-0.39, 0.29) is 18.3 Å². The molecular formula is C26H33N5O6S. The van der Waals surface area contributed by atoms with Gasteiger partial charge in [0.15, 0.2) is 0 Å². The minimum Gasteiger partial charge on any atom is -0.494 e. The van der Waals surface area contributed by atoms with Crippen LogP contribution in [0.4, 0.5) is 21.1 Å². The normalized spacial score (nSPS) is 18.3. The van der Waals surface area contributed by atoms with Crippen LogP contribution in [0.25, 0.3) is 0 Å². The number of hydrogen-bond acceptors (Lipinski definition) is 9. The summed E-state index contributed by atoms with van der Waals surface area (Å²) >= 11 is 0. The molecule has 11 nitrogen and oxygen atoms in total. The van der Waals surface area contributed by atoms with E-state index in [0.29, 0.717) is 25.3 Å². The second kappa shape index (κ2) is 11.6. The van der Waals surface area contributed by atoms with Crippen LogP contribution in [0.3, 0.4) is 0 Å².